The number of aromatic nitrogens is 3. The largest absolute Gasteiger partial charge is 0.339 e. The van der Waals surface area contributed by atoms with Gasteiger partial charge < -0.3 is 4.90 Å². The van der Waals surface area contributed by atoms with Crippen molar-refractivity contribution in [1.29, 1.82) is 0 Å². The van der Waals surface area contributed by atoms with Crippen LogP contribution in [-0.4, -0.2) is 43.7 Å². The summed E-state index contributed by atoms with van der Waals surface area (Å²) in [6.07, 6.45) is 3.95. The SMILES string of the molecule is O=C(c1ccccc1)N1CCC(Sc2nnc3ccccn23)CC1. The van der Waals surface area contributed by atoms with Crippen LogP contribution in [-0.2, 0) is 0 Å². The highest BCUT2D eigenvalue weighted by molar-refractivity contribution is 7.99. The van der Waals surface area contributed by atoms with Gasteiger partial charge in [0.2, 0.25) is 0 Å². The number of carbonyl (C=O) groups excluding carboxylic acids is 1. The van der Waals surface area contributed by atoms with Gasteiger partial charge in [-0.2, -0.15) is 0 Å². The van der Waals surface area contributed by atoms with Gasteiger partial charge in [0.1, 0.15) is 0 Å². The highest BCUT2D eigenvalue weighted by Crippen LogP contribution is 2.29. The first-order chi connectivity index (χ1) is 11.8. The molecule has 6 heteroatoms. The average molecular weight is 338 g/mol. The second kappa shape index (κ2) is 6.65. The molecule has 122 valence electrons. The number of amides is 1. The van der Waals surface area contributed by atoms with Crippen molar-refractivity contribution in [3.8, 4) is 0 Å². The number of fused-ring (bicyclic) bond motifs is 1. The molecule has 0 spiro atoms. The quantitative estimate of drug-likeness (QED) is 0.736. The first kappa shape index (κ1) is 15.2. The minimum absolute atomic E-state index is 0.131. The van der Waals surface area contributed by atoms with Gasteiger partial charge in [0.05, 0.1) is 0 Å². The number of hydrogen-bond donors (Lipinski definition) is 0. The van der Waals surface area contributed by atoms with Gasteiger partial charge in [-0.15, -0.1) is 10.2 Å². The van der Waals surface area contributed by atoms with Crippen molar-refractivity contribution in [3.05, 3.63) is 60.3 Å². The minimum atomic E-state index is 0.131. The molecule has 2 aromatic heterocycles. The van der Waals surface area contributed by atoms with E-state index in [1.165, 1.54) is 0 Å². The summed E-state index contributed by atoms with van der Waals surface area (Å²) in [5.41, 5.74) is 1.64. The Kier molecular flexibility index (Phi) is 4.21. The predicted octanol–water partition coefficient (Wildman–Crippen LogP) is 3.13. The number of hydrogen-bond acceptors (Lipinski definition) is 4. The molecule has 1 aliphatic heterocycles. The maximum atomic E-state index is 12.5. The van der Waals surface area contributed by atoms with E-state index in [-0.39, 0.29) is 5.91 Å². The van der Waals surface area contributed by atoms with Crippen LogP contribution in [0.3, 0.4) is 0 Å². The lowest BCUT2D eigenvalue weighted by Gasteiger charge is -2.31. The Labute approximate surface area is 144 Å². The fourth-order valence-corrected chi connectivity index (χ4v) is 4.09. The van der Waals surface area contributed by atoms with Gasteiger partial charge in [-0.25, -0.2) is 0 Å². The topological polar surface area (TPSA) is 50.5 Å². The van der Waals surface area contributed by atoms with Gasteiger partial charge >= 0.3 is 0 Å². The van der Waals surface area contributed by atoms with Gasteiger partial charge in [0.25, 0.3) is 5.91 Å². The lowest BCUT2D eigenvalue weighted by molar-refractivity contribution is 0.0727. The predicted molar refractivity (Wildman–Crippen MR) is 94.2 cm³/mol. The Bertz CT molecular complexity index is 840. The minimum Gasteiger partial charge on any atom is -0.339 e. The second-order valence-electron chi connectivity index (χ2n) is 5.89. The smallest absolute Gasteiger partial charge is 0.253 e. The Balaban J connectivity index is 1.39. The third-order valence-electron chi connectivity index (χ3n) is 4.30. The number of piperidine rings is 1. The van der Waals surface area contributed by atoms with E-state index in [1.54, 1.807) is 11.8 Å². The number of carbonyl (C=O) groups is 1. The third kappa shape index (κ3) is 3.01. The van der Waals surface area contributed by atoms with Crippen molar-refractivity contribution in [1.82, 2.24) is 19.5 Å². The van der Waals surface area contributed by atoms with Gasteiger partial charge in [-0.3, -0.25) is 9.20 Å². The summed E-state index contributed by atoms with van der Waals surface area (Å²) in [5, 5.41) is 9.88. The molecule has 24 heavy (non-hydrogen) atoms. The van der Waals surface area contributed by atoms with Crippen molar-refractivity contribution in [3.63, 3.8) is 0 Å². The number of likely N-dealkylation sites (tertiary alicyclic amines) is 1. The molecule has 3 aromatic rings. The van der Waals surface area contributed by atoms with Gasteiger partial charge in [-0.1, -0.05) is 36.0 Å². The molecule has 0 bridgehead atoms. The highest BCUT2D eigenvalue weighted by Gasteiger charge is 2.25. The van der Waals surface area contributed by atoms with Crippen LogP contribution in [0.4, 0.5) is 0 Å². The number of benzene rings is 1. The number of pyridine rings is 1. The molecule has 0 radical (unpaired) electrons. The summed E-state index contributed by atoms with van der Waals surface area (Å²) in [7, 11) is 0. The molecular formula is C18H18N4OS. The van der Waals surface area contributed by atoms with E-state index in [0.717, 1.165) is 42.3 Å². The maximum Gasteiger partial charge on any atom is 0.253 e. The van der Waals surface area contributed by atoms with Crippen LogP contribution < -0.4 is 0 Å². The summed E-state index contributed by atoms with van der Waals surface area (Å²) >= 11 is 1.76. The van der Waals surface area contributed by atoms with E-state index >= 15 is 0 Å². The second-order valence-corrected chi connectivity index (χ2v) is 7.15. The Morgan fingerprint density at radius 2 is 1.75 bits per heavy atom. The van der Waals surface area contributed by atoms with Crippen molar-refractivity contribution in [2.24, 2.45) is 0 Å². The zero-order valence-corrected chi connectivity index (χ0v) is 14.0. The van der Waals surface area contributed by atoms with E-state index in [2.05, 4.69) is 10.2 Å². The van der Waals surface area contributed by atoms with Gasteiger partial charge in [0, 0.05) is 30.1 Å². The summed E-state index contributed by atoms with van der Waals surface area (Å²) in [6.45, 7) is 1.59. The first-order valence-electron chi connectivity index (χ1n) is 8.12. The lowest BCUT2D eigenvalue weighted by Crippen LogP contribution is -2.39. The molecule has 0 atom stereocenters. The average Bonchev–Trinajstić information content (AvgIpc) is 3.06. The normalized spacial score (nSPS) is 15.8. The van der Waals surface area contributed by atoms with E-state index in [4.69, 9.17) is 0 Å². The van der Waals surface area contributed by atoms with E-state index in [9.17, 15) is 4.79 Å². The standard InChI is InChI=1S/C18H18N4OS/c23-17(14-6-2-1-3-7-14)21-12-9-15(10-13-21)24-18-20-19-16-8-4-5-11-22(16)18/h1-8,11,15H,9-10,12-13H2. The van der Waals surface area contributed by atoms with E-state index in [1.807, 2.05) is 64.0 Å². The lowest BCUT2D eigenvalue weighted by atomic mass is 10.1. The fourth-order valence-electron chi connectivity index (χ4n) is 2.99. The van der Waals surface area contributed by atoms with Crippen LogP contribution in [0, 0.1) is 0 Å². The first-order valence-corrected chi connectivity index (χ1v) is 9.00. The third-order valence-corrected chi connectivity index (χ3v) is 5.60. The van der Waals surface area contributed by atoms with E-state index in [0.29, 0.717) is 5.25 Å². The molecule has 1 aliphatic rings. The number of thioether (sulfide) groups is 1. The number of rotatable bonds is 3. The molecule has 4 rings (SSSR count). The molecule has 5 nitrogen and oxygen atoms in total. The summed E-state index contributed by atoms with van der Waals surface area (Å²) < 4.78 is 2.02. The van der Waals surface area contributed by atoms with Gasteiger partial charge in [0.15, 0.2) is 10.8 Å². The Hall–Kier alpha value is -2.34. The molecule has 1 aromatic carbocycles. The summed E-state index contributed by atoms with van der Waals surface area (Å²) in [5.74, 6) is 0.131. The molecule has 1 saturated heterocycles. The van der Waals surface area contributed by atoms with Crippen LogP contribution in [0.15, 0.2) is 59.9 Å². The van der Waals surface area contributed by atoms with Crippen LogP contribution >= 0.6 is 11.8 Å². The molecule has 0 saturated carbocycles. The van der Waals surface area contributed by atoms with Crippen LogP contribution in [0.1, 0.15) is 23.2 Å². The Morgan fingerprint density at radius 3 is 2.54 bits per heavy atom. The fraction of sp³-hybridized carbons (Fsp3) is 0.278. The van der Waals surface area contributed by atoms with Crippen molar-refractivity contribution in [2.45, 2.75) is 23.2 Å². The molecule has 0 N–H and O–H groups in total. The summed E-state index contributed by atoms with van der Waals surface area (Å²) in [4.78, 5) is 14.4. The monoisotopic (exact) mass is 338 g/mol. The Morgan fingerprint density at radius 1 is 1.00 bits per heavy atom. The zero-order valence-electron chi connectivity index (χ0n) is 13.2. The molecule has 0 aliphatic carbocycles. The zero-order chi connectivity index (χ0) is 16.4. The molecule has 0 unspecified atom stereocenters. The van der Waals surface area contributed by atoms with Gasteiger partial charge in [-0.05, 0) is 37.1 Å². The van der Waals surface area contributed by atoms with Crippen molar-refractivity contribution >= 4 is 23.3 Å². The van der Waals surface area contributed by atoms with Crippen molar-refractivity contribution in [2.75, 3.05) is 13.1 Å². The molecule has 1 amide bonds. The molecule has 3 heterocycles. The van der Waals surface area contributed by atoms with Crippen molar-refractivity contribution < 1.29 is 4.79 Å². The molecule has 1 fully saturated rings. The van der Waals surface area contributed by atoms with E-state index < -0.39 is 0 Å². The maximum absolute atomic E-state index is 12.5. The van der Waals surface area contributed by atoms with Crippen LogP contribution in [0.5, 0.6) is 0 Å². The van der Waals surface area contributed by atoms with Crippen LogP contribution in [0.25, 0.3) is 5.65 Å². The summed E-state index contributed by atoms with van der Waals surface area (Å²) in [6, 6.07) is 15.4. The number of nitrogens with zero attached hydrogens (tertiary/aromatic N) is 4. The highest BCUT2D eigenvalue weighted by atomic mass is 32.2. The van der Waals surface area contributed by atoms with Crippen LogP contribution in [0.2, 0.25) is 0 Å². The molecular weight excluding hydrogens is 320 g/mol.